The van der Waals surface area contributed by atoms with Crippen LogP contribution >= 0.6 is 0 Å². The molecule has 2 heterocycles. The second-order valence-electron chi connectivity index (χ2n) is 6.71. The van der Waals surface area contributed by atoms with Crippen LogP contribution in [0, 0.1) is 6.92 Å². The number of pyridine rings is 1. The van der Waals surface area contributed by atoms with E-state index in [1.807, 2.05) is 12.1 Å². The summed E-state index contributed by atoms with van der Waals surface area (Å²) in [4.78, 5) is 44.8. The van der Waals surface area contributed by atoms with E-state index >= 15 is 0 Å². The van der Waals surface area contributed by atoms with Gasteiger partial charge in [-0.15, -0.1) is 0 Å². The van der Waals surface area contributed by atoms with Crippen LogP contribution in [0.2, 0.25) is 0 Å². The number of anilines is 1. The SMILES string of the molecule is Cc1cc2ccc(N)cc2n(C(=O)CCc2nc3ccccc3[nH]c2=O)c1=O. The van der Waals surface area contributed by atoms with Crippen LogP contribution in [0.4, 0.5) is 5.69 Å². The average Bonchev–Trinajstić information content (AvgIpc) is 2.67. The summed E-state index contributed by atoms with van der Waals surface area (Å²) in [6.45, 7) is 1.66. The maximum atomic E-state index is 12.9. The van der Waals surface area contributed by atoms with Crippen LogP contribution in [-0.4, -0.2) is 20.4 Å². The summed E-state index contributed by atoms with van der Waals surface area (Å²) in [5.74, 6) is -0.404. The third kappa shape index (κ3) is 3.07. The van der Waals surface area contributed by atoms with Gasteiger partial charge >= 0.3 is 0 Å². The number of nitrogens with zero attached hydrogens (tertiary/aromatic N) is 2. The number of aryl methyl sites for hydroxylation is 2. The largest absolute Gasteiger partial charge is 0.399 e. The molecule has 7 heteroatoms. The first-order chi connectivity index (χ1) is 13.4. The van der Waals surface area contributed by atoms with Gasteiger partial charge in [0, 0.05) is 24.1 Å². The van der Waals surface area contributed by atoms with Crippen LogP contribution in [0.3, 0.4) is 0 Å². The molecule has 28 heavy (non-hydrogen) atoms. The highest BCUT2D eigenvalue weighted by atomic mass is 16.2. The summed E-state index contributed by atoms with van der Waals surface area (Å²) in [7, 11) is 0. The molecule has 0 saturated carbocycles. The number of rotatable bonds is 3. The fourth-order valence-corrected chi connectivity index (χ4v) is 3.28. The Labute approximate surface area is 159 Å². The van der Waals surface area contributed by atoms with Crippen LogP contribution in [0.1, 0.15) is 22.5 Å². The molecule has 0 saturated heterocycles. The summed E-state index contributed by atoms with van der Waals surface area (Å²) in [6.07, 6.45) is 0.102. The number of hydrogen-bond donors (Lipinski definition) is 2. The van der Waals surface area contributed by atoms with Crippen molar-refractivity contribution < 1.29 is 4.79 Å². The molecule has 0 amide bonds. The molecule has 0 spiro atoms. The molecule has 0 fully saturated rings. The minimum Gasteiger partial charge on any atom is -0.399 e. The van der Waals surface area contributed by atoms with Crippen molar-refractivity contribution in [1.82, 2.24) is 14.5 Å². The number of nitrogen functional groups attached to an aromatic ring is 1. The maximum Gasteiger partial charge on any atom is 0.270 e. The van der Waals surface area contributed by atoms with Crippen molar-refractivity contribution in [3.8, 4) is 0 Å². The van der Waals surface area contributed by atoms with Crippen molar-refractivity contribution in [2.75, 3.05) is 5.73 Å². The number of benzene rings is 2. The van der Waals surface area contributed by atoms with Gasteiger partial charge in [0.15, 0.2) is 0 Å². The summed E-state index contributed by atoms with van der Waals surface area (Å²) < 4.78 is 1.14. The van der Waals surface area contributed by atoms with Crippen LogP contribution in [0.5, 0.6) is 0 Å². The molecule has 7 nitrogen and oxygen atoms in total. The molecular formula is C21H18N4O3. The highest BCUT2D eigenvalue weighted by Crippen LogP contribution is 2.18. The second kappa shape index (κ2) is 6.77. The molecule has 4 rings (SSSR count). The molecule has 0 bridgehead atoms. The van der Waals surface area contributed by atoms with Gasteiger partial charge in [-0.2, -0.15) is 0 Å². The quantitative estimate of drug-likeness (QED) is 0.535. The third-order valence-electron chi connectivity index (χ3n) is 4.70. The first kappa shape index (κ1) is 17.7. The van der Waals surface area contributed by atoms with E-state index in [0.29, 0.717) is 27.8 Å². The fourth-order valence-electron chi connectivity index (χ4n) is 3.28. The first-order valence-corrected chi connectivity index (χ1v) is 8.87. The van der Waals surface area contributed by atoms with Gasteiger partial charge in [0.1, 0.15) is 5.69 Å². The van der Waals surface area contributed by atoms with E-state index < -0.39 is 5.91 Å². The van der Waals surface area contributed by atoms with Crippen LogP contribution < -0.4 is 16.9 Å². The molecular weight excluding hydrogens is 356 g/mol. The lowest BCUT2D eigenvalue weighted by molar-refractivity contribution is 0.0903. The number of nitrogens with one attached hydrogen (secondary N) is 1. The number of aromatic nitrogens is 3. The number of nitrogens with two attached hydrogens (primary N) is 1. The van der Waals surface area contributed by atoms with Gasteiger partial charge in [-0.3, -0.25) is 14.4 Å². The molecule has 140 valence electrons. The summed E-state index contributed by atoms with van der Waals surface area (Å²) in [5, 5.41) is 0.751. The third-order valence-corrected chi connectivity index (χ3v) is 4.70. The Morgan fingerprint density at radius 2 is 1.93 bits per heavy atom. The Morgan fingerprint density at radius 1 is 1.14 bits per heavy atom. The molecule has 0 radical (unpaired) electrons. The number of hydrogen-bond acceptors (Lipinski definition) is 5. The second-order valence-corrected chi connectivity index (χ2v) is 6.71. The number of aromatic amines is 1. The Kier molecular flexibility index (Phi) is 4.27. The fraction of sp³-hybridized carbons (Fsp3) is 0.143. The molecule has 0 aliphatic heterocycles. The van der Waals surface area contributed by atoms with Gasteiger partial charge in [0.2, 0.25) is 5.91 Å². The molecule has 2 aromatic carbocycles. The van der Waals surface area contributed by atoms with E-state index in [1.54, 1.807) is 43.3 Å². The van der Waals surface area contributed by atoms with E-state index in [-0.39, 0.29) is 29.7 Å². The highest BCUT2D eigenvalue weighted by molar-refractivity contribution is 5.93. The Morgan fingerprint density at radius 3 is 2.75 bits per heavy atom. The molecule has 0 aliphatic carbocycles. The van der Waals surface area contributed by atoms with Gasteiger partial charge in [0.05, 0.1) is 16.6 Å². The zero-order valence-electron chi connectivity index (χ0n) is 15.2. The van der Waals surface area contributed by atoms with E-state index in [1.165, 1.54) is 0 Å². The van der Waals surface area contributed by atoms with Gasteiger partial charge in [0.25, 0.3) is 11.1 Å². The maximum absolute atomic E-state index is 12.9. The normalized spacial score (nSPS) is 11.2. The van der Waals surface area contributed by atoms with E-state index in [0.717, 1.165) is 9.95 Å². The van der Waals surface area contributed by atoms with Crippen LogP contribution in [-0.2, 0) is 6.42 Å². The molecule has 4 aromatic rings. The zero-order chi connectivity index (χ0) is 19.8. The highest BCUT2D eigenvalue weighted by Gasteiger charge is 2.15. The number of carbonyl (C=O) groups is 1. The first-order valence-electron chi connectivity index (χ1n) is 8.87. The Balaban J connectivity index is 1.71. The lowest BCUT2D eigenvalue weighted by atomic mass is 10.1. The number of fused-ring (bicyclic) bond motifs is 2. The van der Waals surface area contributed by atoms with E-state index in [9.17, 15) is 14.4 Å². The Hall–Kier alpha value is -3.74. The minimum absolute atomic E-state index is 0.0261. The summed E-state index contributed by atoms with van der Waals surface area (Å²) >= 11 is 0. The number of H-pyrrole nitrogens is 1. The van der Waals surface area contributed by atoms with Crippen molar-refractivity contribution >= 4 is 33.5 Å². The lowest BCUT2D eigenvalue weighted by Gasteiger charge is -2.11. The number of carbonyl (C=O) groups excluding carboxylic acids is 1. The van der Waals surface area contributed by atoms with Crippen molar-refractivity contribution in [3.63, 3.8) is 0 Å². The summed E-state index contributed by atoms with van der Waals surface area (Å²) in [6, 6.07) is 14.0. The lowest BCUT2D eigenvalue weighted by Crippen LogP contribution is -2.29. The monoisotopic (exact) mass is 374 g/mol. The van der Waals surface area contributed by atoms with Crippen LogP contribution in [0.25, 0.3) is 21.9 Å². The predicted octanol–water partition coefficient (Wildman–Crippen LogP) is 2.40. The average molecular weight is 374 g/mol. The van der Waals surface area contributed by atoms with Gasteiger partial charge in [-0.05, 0) is 42.6 Å². The van der Waals surface area contributed by atoms with Gasteiger partial charge in [-0.1, -0.05) is 18.2 Å². The molecule has 3 N–H and O–H groups in total. The predicted molar refractivity (Wildman–Crippen MR) is 109 cm³/mol. The standard InChI is InChI=1S/C21H18N4O3/c1-12-10-13-6-7-14(22)11-18(13)25(21(12)28)19(26)9-8-17-20(27)24-16-5-3-2-4-15(16)23-17/h2-7,10-11H,8-9,22H2,1H3,(H,24,27). The molecule has 0 unspecified atom stereocenters. The summed E-state index contributed by atoms with van der Waals surface area (Å²) in [5.41, 5.74) is 8.05. The molecule has 0 aliphatic rings. The van der Waals surface area contributed by atoms with Crippen LogP contribution in [0.15, 0.2) is 58.1 Å². The van der Waals surface area contributed by atoms with Gasteiger partial charge in [-0.25, -0.2) is 9.55 Å². The minimum atomic E-state index is -0.404. The van der Waals surface area contributed by atoms with Crippen molar-refractivity contribution in [2.45, 2.75) is 19.8 Å². The van der Waals surface area contributed by atoms with E-state index in [2.05, 4.69) is 9.97 Å². The topological polar surface area (TPSA) is 111 Å². The van der Waals surface area contributed by atoms with Gasteiger partial charge < -0.3 is 10.7 Å². The zero-order valence-corrected chi connectivity index (χ0v) is 15.2. The Bertz CT molecular complexity index is 1350. The van der Waals surface area contributed by atoms with Crippen molar-refractivity contribution in [1.29, 1.82) is 0 Å². The van der Waals surface area contributed by atoms with Crippen molar-refractivity contribution in [3.05, 3.63) is 80.5 Å². The smallest absolute Gasteiger partial charge is 0.270 e. The van der Waals surface area contributed by atoms with E-state index in [4.69, 9.17) is 5.73 Å². The molecule has 2 aromatic heterocycles. The molecule has 0 atom stereocenters. The van der Waals surface area contributed by atoms with Crippen molar-refractivity contribution in [2.24, 2.45) is 0 Å². The number of para-hydroxylation sites is 2.